The van der Waals surface area contributed by atoms with Crippen molar-refractivity contribution >= 4 is 23.6 Å². The van der Waals surface area contributed by atoms with Crippen molar-refractivity contribution in [2.75, 3.05) is 0 Å². The molecule has 0 bridgehead atoms. The lowest BCUT2D eigenvalue weighted by atomic mass is 9.98. The maximum Gasteiger partial charge on any atom is 0.329 e. The average Bonchev–Trinajstić information content (AvgIpc) is 2.88. The summed E-state index contributed by atoms with van der Waals surface area (Å²) in [6.07, 6.45) is 2.58. The van der Waals surface area contributed by atoms with Gasteiger partial charge in [-0.2, -0.15) is 0 Å². The molecule has 2 amide bonds. The van der Waals surface area contributed by atoms with Gasteiger partial charge in [0.05, 0.1) is 0 Å². The molecule has 0 spiro atoms. The second-order valence-corrected chi connectivity index (χ2v) is 5.40. The highest BCUT2D eigenvalue weighted by Crippen LogP contribution is 2.29. The number of amides is 2. The fraction of sp³-hybridized carbons (Fsp3) is 0.429. The molecule has 1 aromatic carbocycles. The van der Waals surface area contributed by atoms with E-state index in [4.69, 9.17) is 11.6 Å². The van der Waals surface area contributed by atoms with E-state index in [9.17, 15) is 14.7 Å². The number of carbonyl (C=O) groups is 2. The first-order valence-corrected chi connectivity index (χ1v) is 6.94. The molecule has 1 fully saturated rings. The van der Waals surface area contributed by atoms with Crippen LogP contribution in [0.15, 0.2) is 24.3 Å². The normalized spacial score (nSPS) is 16.6. The molecule has 108 valence electrons. The molecule has 2 rings (SSSR count). The fourth-order valence-corrected chi connectivity index (χ4v) is 2.65. The van der Waals surface area contributed by atoms with Crippen LogP contribution in [-0.4, -0.2) is 22.6 Å². The van der Waals surface area contributed by atoms with Crippen LogP contribution in [0.1, 0.15) is 31.2 Å². The Morgan fingerprint density at radius 1 is 1.25 bits per heavy atom. The van der Waals surface area contributed by atoms with Gasteiger partial charge < -0.3 is 15.7 Å². The highest BCUT2D eigenvalue weighted by molar-refractivity contribution is 6.31. The van der Waals surface area contributed by atoms with Crippen molar-refractivity contribution in [1.82, 2.24) is 10.6 Å². The van der Waals surface area contributed by atoms with Gasteiger partial charge >= 0.3 is 12.0 Å². The first-order chi connectivity index (χ1) is 9.53. The molecule has 20 heavy (non-hydrogen) atoms. The number of rotatable bonds is 4. The summed E-state index contributed by atoms with van der Waals surface area (Å²) in [4.78, 5) is 23.2. The zero-order chi connectivity index (χ0) is 14.6. The van der Waals surface area contributed by atoms with Gasteiger partial charge in [-0.15, -0.1) is 0 Å². The van der Waals surface area contributed by atoms with Crippen molar-refractivity contribution in [3.63, 3.8) is 0 Å². The Morgan fingerprint density at radius 2 is 1.90 bits per heavy atom. The Balaban J connectivity index is 1.92. The monoisotopic (exact) mass is 296 g/mol. The van der Waals surface area contributed by atoms with Gasteiger partial charge in [-0.05, 0) is 24.5 Å². The summed E-state index contributed by atoms with van der Waals surface area (Å²) in [5, 5.41) is 15.1. The minimum atomic E-state index is -1.12. The molecule has 0 radical (unpaired) electrons. The lowest BCUT2D eigenvalue weighted by Gasteiger charge is -2.25. The van der Waals surface area contributed by atoms with Gasteiger partial charge in [0.15, 0.2) is 0 Å². The summed E-state index contributed by atoms with van der Waals surface area (Å²) in [6, 6.07) is 6.71. The minimum absolute atomic E-state index is 0.265. The number of hydrogen-bond donors (Lipinski definition) is 3. The largest absolute Gasteiger partial charge is 0.480 e. The third-order valence-electron chi connectivity index (χ3n) is 3.62. The van der Waals surface area contributed by atoms with Crippen LogP contribution in [0.4, 0.5) is 4.79 Å². The number of nitrogens with one attached hydrogen (secondary N) is 2. The molecular formula is C14H17ClN2O3. The van der Waals surface area contributed by atoms with E-state index in [1.807, 2.05) is 18.2 Å². The molecule has 3 N–H and O–H groups in total. The molecule has 1 aliphatic carbocycles. The zero-order valence-corrected chi connectivity index (χ0v) is 11.7. The van der Waals surface area contributed by atoms with Crippen LogP contribution in [0, 0.1) is 0 Å². The Labute approximate surface area is 122 Å². The number of carbonyl (C=O) groups excluding carboxylic acids is 1. The summed E-state index contributed by atoms with van der Waals surface area (Å²) in [7, 11) is 0. The second kappa shape index (κ2) is 6.13. The molecule has 5 nitrogen and oxygen atoms in total. The highest BCUT2D eigenvalue weighted by atomic mass is 35.5. The number of carboxylic acid groups (broad SMARTS) is 1. The van der Waals surface area contributed by atoms with E-state index >= 15 is 0 Å². The van der Waals surface area contributed by atoms with E-state index in [1.54, 1.807) is 6.07 Å². The Hall–Kier alpha value is -1.75. The van der Waals surface area contributed by atoms with E-state index in [1.165, 1.54) is 0 Å². The summed E-state index contributed by atoms with van der Waals surface area (Å²) < 4.78 is 0. The summed E-state index contributed by atoms with van der Waals surface area (Å²) in [6.45, 7) is 0.265. The van der Waals surface area contributed by atoms with Crippen molar-refractivity contribution in [1.29, 1.82) is 0 Å². The van der Waals surface area contributed by atoms with Crippen molar-refractivity contribution in [3.8, 4) is 0 Å². The van der Waals surface area contributed by atoms with Crippen molar-refractivity contribution in [2.24, 2.45) is 0 Å². The smallest absolute Gasteiger partial charge is 0.329 e. The minimum Gasteiger partial charge on any atom is -0.480 e. The maximum atomic E-state index is 11.9. The fourth-order valence-electron chi connectivity index (χ4n) is 2.45. The van der Waals surface area contributed by atoms with Crippen molar-refractivity contribution in [3.05, 3.63) is 34.9 Å². The predicted molar refractivity (Wildman–Crippen MR) is 75.7 cm³/mol. The van der Waals surface area contributed by atoms with Crippen molar-refractivity contribution < 1.29 is 14.7 Å². The molecule has 1 aliphatic rings. The van der Waals surface area contributed by atoms with Crippen LogP contribution in [0.3, 0.4) is 0 Å². The summed E-state index contributed by atoms with van der Waals surface area (Å²) in [5.41, 5.74) is -0.329. The van der Waals surface area contributed by atoms with Gasteiger partial charge in [0.1, 0.15) is 5.54 Å². The van der Waals surface area contributed by atoms with Gasteiger partial charge in [-0.1, -0.05) is 42.6 Å². The summed E-state index contributed by atoms with van der Waals surface area (Å²) in [5.74, 6) is -0.970. The van der Waals surface area contributed by atoms with E-state index in [2.05, 4.69) is 10.6 Å². The lowest BCUT2D eigenvalue weighted by molar-refractivity contribution is -0.144. The van der Waals surface area contributed by atoms with Gasteiger partial charge in [0.2, 0.25) is 0 Å². The first kappa shape index (κ1) is 14.7. The molecule has 0 aromatic heterocycles. The van der Waals surface area contributed by atoms with E-state index < -0.39 is 17.5 Å². The molecule has 0 unspecified atom stereocenters. The molecule has 0 saturated heterocycles. The van der Waals surface area contributed by atoms with E-state index in [0.29, 0.717) is 17.9 Å². The Morgan fingerprint density at radius 3 is 2.50 bits per heavy atom. The van der Waals surface area contributed by atoms with Gasteiger partial charge in [-0.3, -0.25) is 0 Å². The number of urea groups is 1. The quantitative estimate of drug-likeness (QED) is 0.799. The number of halogens is 1. The van der Waals surface area contributed by atoms with E-state index in [0.717, 1.165) is 18.4 Å². The number of aliphatic carboxylic acids is 1. The Kier molecular flexibility index (Phi) is 4.49. The number of carboxylic acids is 1. The highest BCUT2D eigenvalue weighted by Gasteiger charge is 2.42. The Bertz CT molecular complexity index is 513. The van der Waals surface area contributed by atoms with Crippen LogP contribution in [0.5, 0.6) is 0 Å². The first-order valence-electron chi connectivity index (χ1n) is 6.56. The van der Waals surface area contributed by atoms with E-state index in [-0.39, 0.29) is 6.54 Å². The molecule has 0 atom stereocenters. The van der Waals surface area contributed by atoms with Gasteiger partial charge in [0, 0.05) is 11.6 Å². The van der Waals surface area contributed by atoms with Crippen LogP contribution >= 0.6 is 11.6 Å². The van der Waals surface area contributed by atoms with Crippen LogP contribution in [0.25, 0.3) is 0 Å². The molecular weight excluding hydrogens is 280 g/mol. The molecule has 6 heteroatoms. The second-order valence-electron chi connectivity index (χ2n) is 4.99. The number of hydrogen-bond acceptors (Lipinski definition) is 2. The standard InChI is InChI=1S/C14H17ClN2O3/c15-11-6-2-1-5-10(11)9-16-13(20)17-14(12(18)19)7-3-4-8-14/h1-2,5-6H,3-4,7-9H2,(H,18,19)(H2,16,17,20). The van der Waals surface area contributed by atoms with Gasteiger partial charge in [-0.25, -0.2) is 9.59 Å². The van der Waals surface area contributed by atoms with Gasteiger partial charge in [0.25, 0.3) is 0 Å². The molecule has 0 heterocycles. The van der Waals surface area contributed by atoms with Crippen LogP contribution < -0.4 is 10.6 Å². The molecule has 0 aliphatic heterocycles. The lowest BCUT2D eigenvalue weighted by Crippen LogP contribution is -2.55. The van der Waals surface area contributed by atoms with Crippen LogP contribution in [0.2, 0.25) is 5.02 Å². The summed E-state index contributed by atoms with van der Waals surface area (Å²) >= 11 is 5.99. The SMILES string of the molecule is O=C(NCc1ccccc1Cl)NC1(C(=O)O)CCCC1. The van der Waals surface area contributed by atoms with Crippen LogP contribution in [-0.2, 0) is 11.3 Å². The van der Waals surface area contributed by atoms with Crippen molar-refractivity contribution in [2.45, 2.75) is 37.8 Å². The third kappa shape index (κ3) is 3.22. The molecule has 1 saturated carbocycles. The predicted octanol–water partition coefficient (Wildman–Crippen LogP) is 2.54. The topological polar surface area (TPSA) is 78.4 Å². The zero-order valence-electron chi connectivity index (χ0n) is 11.0. The third-order valence-corrected chi connectivity index (χ3v) is 3.99. The maximum absolute atomic E-state index is 11.9. The number of benzene rings is 1. The molecule has 1 aromatic rings. The average molecular weight is 297 g/mol.